The highest BCUT2D eigenvalue weighted by atomic mass is 16.1. The summed E-state index contributed by atoms with van der Waals surface area (Å²) in [5.41, 5.74) is 5.47. The van der Waals surface area contributed by atoms with E-state index in [2.05, 4.69) is 26.0 Å². The van der Waals surface area contributed by atoms with E-state index in [1.165, 1.54) is 18.4 Å². The molecule has 0 saturated heterocycles. The van der Waals surface area contributed by atoms with E-state index < -0.39 is 0 Å². The van der Waals surface area contributed by atoms with Crippen molar-refractivity contribution in [3.8, 4) is 5.69 Å². The van der Waals surface area contributed by atoms with E-state index in [0.717, 1.165) is 29.6 Å². The zero-order valence-electron chi connectivity index (χ0n) is 17.9. The lowest BCUT2D eigenvalue weighted by atomic mass is 10.2. The van der Waals surface area contributed by atoms with Crippen LogP contribution in [0.15, 0.2) is 59.7 Å². The van der Waals surface area contributed by atoms with E-state index >= 15 is 0 Å². The Morgan fingerprint density at radius 2 is 1.61 bits per heavy atom. The Hall–Kier alpha value is -3.54. The normalized spacial score (nSPS) is 11.7. The van der Waals surface area contributed by atoms with E-state index in [4.69, 9.17) is 15.0 Å². The fraction of sp³-hybridized carbons (Fsp3) is 0.280. The van der Waals surface area contributed by atoms with Gasteiger partial charge in [0.2, 0.25) is 0 Å². The fourth-order valence-electron chi connectivity index (χ4n) is 4.08. The van der Waals surface area contributed by atoms with Gasteiger partial charge in [0.1, 0.15) is 10.9 Å². The molecule has 156 valence electrons. The molecule has 0 spiro atoms. The molecule has 0 unspecified atom stereocenters. The van der Waals surface area contributed by atoms with Gasteiger partial charge < -0.3 is 0 Å². The molecule has 0 fully saturated rings. The van der Waals surface area contributed by atoms with Crippen LogP contribution in [-0.4, -0.2) is 24.1 Å². The van der Waals surface area contributed by atoms with E-state index in [0.29, 0.717) is 28.7 Å². The van der Waals surface area contributed by atoms with E-state index in [-0.39, 0.29) is 5.56 Å². The van der Waals surface area contributed by atoms with Crippen LogP contribution in [0, 0.1) is 6.92 Å². The number of rotatable bonds is 6. The molecule has 3 heterocycles. The summed E-state index contributed by atoms with van der Waals surface area (Å²) in [7, 11) is 0. The van der Waals surface area contributed by atoms with Crippen LogP contribution in [0.3, 0.4) is 0 Å². The molecule has 31 heavy (non-hydrogen) atoms. The topological polar surface area (TPSA) is 65.6 Å². The Labute approximate surface area is 180 Å². The van der Waals surface area contributed by atoms with Gasteiger partial charge in [0.25, 0.3) is 5.56 Å². The largest absolute Gasteiger partial charge is 0.299 e. The number of aromatic nitrogens is 5. The second-order valence-corrected chi connectivity index (χ2v) is 8.06. The SMILES string of the molecule is CCCCCCn1cnc2c(c1=O)c1nc3ccccc3nc1n2-c1ccc(C)cc1. The minimum atomic E-state index is -0.0538. The number of nitrogens with zero attached hydrogens (tertiary/aromatic N) is 5. The zero-order chi connectivity index (χ0) is 21.4. The first-order valence-corrected chi connectivity index (χ1v) is 10.9. The molecule has 0 radical (unpaired) electrons. The van der Waals surface area contributed by atoms with Crippen molar-refractivity contribution in [3.63, 3.8) is 0 Å². The highest BCUT2D eigenvalue weighted by Crippen LogP contribution is 2.28. The number of unbranched alkanes of at least 4 members (excludes halogenated alkanes) is 3. The van der Waals surface area contributed by atoms with Gasteiger partial charge in [-0.2, -0.15) is 0 Å². The second kappa shape index (κ2) is 7.95. The minimum absolute atomic E-state index is 0.0538. The summed E-state index contributed by atoms with van der Waals surface area (Å²) >= 11 is 0. The van der Waals surface area contributed by atoms with Crippen LogP contribution in [0.2, 0.25) is 0 Å². The van der Waals surface area contributed by atoms with Crippen molar-refractivity contribution >= 4 is 33.2 Å². The summed E-state index contributed by atoms with van der Waals surface area (Å²) < 4.78 is 3.67. The quantitative estimate of drug-likeness (QED) is 0.362. The predicted octanol–water partition coefficient (Wildman–Crippen LogP) is 5.17. The Kier molecular flexibility index (Phi) is 4.98. The monoisotopic (exact) mass is 411 g/mol. The zero-order valence-corrected chi connectivity index (χ0v) is 17.9. The molecule has 6 nitrogen and oxygen atoms in total. The highest BCUT2D eigenvalue weighted by molar-refractivity contribution is 6.05. The number of fused-ring (bicyclic) bond motifs is 4. The third-order valence-corrected chi connectivity index (χ3v) is 5.78. The molecule has 2 aromatic carbocycles. The number of hydrogen-bond acceptors (Lipinski definition) is 4. The Bertz CT molecular complexity index is 1450. The summed E-state index contributed by atoms with van der Waals surface area (Å²) in [5, 5.41) is 0.534. The van der Waals surface area contributed by atoms with Crippen LogP contribution >= 0.6 is 0 Å². The van der Waals surface area contributed by atoms with Crippen LogP contribution in [0.1, 0.15) is 38.2 Å². The average Bonchev–Trinajstić information content (AvgIpc) is 3.11. The summed E-state index contributed by atoms with van der Waals surface area (Å²) in [5.74, 6) is 0. The van der Waals surface area contributed by atoms with Crippen molar-refractivity contribution in [1.82, 2.24) is 24.1 Å². The predicted molar refractivity (Wildman–Crippen MR) is 125 cm³/mol. The smallest absolute Gasteiger partial charge is 0.265 e. The van der Waals surface area contributed by atoms with E-state index in [9.17, 15) is 4.79 Å². The molecule has 5 rings (SSSR count). The summed E-state index contributed by atoms with van der Waals surface area (Å²) in [6.45, 7) is 4.90. The van der Waals surface area contributed by atoms with Gasteiger partial charge in [-0.05, 0) is 37.6 Å². The minimum Gasteiger partial charge on any atom is -0.299 e. The Morgan fingerprint density at radius 1 is 0.871 bits per heavy atom. The Balaban J connectivity index is 1.79. The summed E-state index contributed by atoms with van der Waals surface area (Å²) in [4.78, 5) is 27.9. The van der Waals surface area contributed by atoms with Crippen LogP contribution in [0.5, 0.6) is 0 Å². The van der Waals surface area contributed by atoms with Crippen molar-refractivity contribution in [2.24, 2.45) is 0 Å². The molecule has 0 aliphatic rings. The van der Waals surface area contributed by atoms with E-state index in [1.807, 2.05) is 41.0 Å². The van der Waals surface area contributed by atoms with Crippen molar-refractivity contribution in [1.29, 1.82) is 0 Å². The first-order chi connectivity index (χ1) is 15.2. The third-order valence-electron chi connectivity index (χ3n) is 5.78. The molecular formula is C25H25N5O. The van der Waals surface area contributed by atoms with Crippen molar-refractivity contribution in [2.45, 2.75) is 46.1 Å². The molecule has 3 aromatic heterocycles. The molecule has 0 amide bonds. The molecule has 0 aliphatic heterocycles. The number of benzene rings is 2. The molecule has 0 aliphatic carbocycles. The van der Waals surface area contributed by atoms with E-state index in [1.54, 1.807) is 10.9 Å². The summed E-state index contributed by atoms with van der Waals surface area (Å²) in [6.07, 6.45) is 6.08. The molecule has 0 atom stereocenters. The van der Waals surface area contributed by atoms with Gasteiger partial charge in [0.05, 0.1) is 17.4 Å². The number of hydrogen-bond donors (Lipinski definition) is 0. The van der Waals surface area contributed by atoms with Crippen molar-refractivity contribution in [3.05, 3.63) is 70.8 Å². The molecule has 0 saturated carbocycles. The number of para-hydroxylation sites is 2. The first kappa shape index (κ1) is 19.4. The standard InChI is InChI=1S/C25H25N5O/c1-3-4-5-8-15-29-16-26-23-21(25(29)31)22-24(28-20-10-7-6-9-19(20)27-22)30(23)18-13-11-17(2)12-14-18/h6-7,9-14,16H,3-5,8,15H2,1-2H3. The lowest BCUT2D eigenvalue weighted by Crippen LogP contribution is -2.20. The van der Waals surface area contributed by atoms with Crippen LogP contribution in [0.4, 0.5) is 0 Å². The van der Waals surface area contributed by atoms with Gasteiger partial charge in [0.15, 0.2) is 11.3 Å². The van der Waals surface area contributed by atoms with Crippen molar-refractivity contribution in [2.75, 3.05) is 0 Å². The lowest BCUT2D eigenvalue weighted by Gasteiger charge is -2.08. The first-order valence-electron chi connectivity index (χ1n) is 10.9. The Morgan fingerprint density at radius 3 is 2.35 bits per heavy atom. The van der Waals surface area contributed by atoms with Gasteiger partial charge in [0, 0.05) is 12.2 Å². The van der Waals surface area contributed by atoms with Gasteiger partial charge in [-0.15, -0.1) is 0 Å². The maximum Gasteiger partial charge on any atom is 0.265 e. The molecule has 5 aromatic rings. The van der Waals surface area contributed by atoms with Gasteiger partial charge in [-0.3, -0.25) is 13.9 Å². The van der Waals surface area contributed by atoms with Crippen LogP contribution < -0.4 is 5.56 Å². The fourth-order valence-corrected chi connectivity index (χ4v) is 4.08. The van der Waals surface area contributed by atoms with Crippen LogP contribution in [0.25, 0.3) is 38.9 Å². The molecule has 0 N–H and O–H groups in total. The van der Waals surface area contributed by atoms with Crippen molar-refractivity contribution < 1.29 is 0 Å². The average molecular weight is 412 g/mol. The second-order valence-electron chi connectivity index (χ2n) is 8.06. The highest BCUT2D eigenvalue weighted by Gasteiger charge is 2.20. The van der Waals surface area contributed by atoms with Crippen LogP contribution in [-0.2, 0) is 6.54 Å². The van der Waals surface area contributed by atoms with Gasteiger partial charge in [-0.1, -0.05) is 56.0 Å². The van der Waals surface area contributed by atoms with Gasteiger partial charge in [-0.25, -0.2) is 15.0 Å². The third kappa shape index (κ3) is 3.38. The maximum absolute atomic E-state index is 13.5. The summed E-state index contributed by atoms with van der Waals surface area (Å²) in [6, 6.07) is 15.9. The van der Waals surface area contributed by atoms with Gasteiger partial charge >= 0.3 is 0 Å². The molecule has 6 heteroatoms. The maximum atomic E-state index is 13.5. The lowest BCUT2D eigenvalue weighted by molar-refractivity contribution is 0.567. The number of aryl methyl sites for hydroxylation is 2. The molecular weight excluding hydrogens is 386 g/mol. The molecule has 0 bridgehead atoms.